The molecule has 144 valence electrons. The summed E-state index contributed by atoms with van der Waals surface area (Å²) in [5.74, 6) is -0.678. The third kappa shape index (κ3) is 4.23. The normalized spacial score (nSPS) is 10.6. The van der Waals surface area contributed by atoms with E-state index in [1.807, 2.05) is 41.0 Å². The van der Waals surface area contributed by atoms with E-state index in [0.717, 1.165) is 29.7 Å². The highest BCUT2D eigenvalue weighted by Crippen LogP contribution is 2.26. The van der Waals surface area contributed by atoms with Gasteiger partial charge in [0.15, 0.2) is 0 Å². The van der Waals surface area contributed by atoms with Gasteiger partial charge in [-0.3, -0.25) is 0 Å². The summed E-state index contributed by atoms with van der Waals surface area (Å²) in [7, 11) is 0. The van der Waals surface area contributed by atoms with Crippen molar-refractivity contribution < 1.29 is 24.5 Å². The molecule has 28 heavy (non-hydrogen) atoms. The minimum atomic E-state index is -1.34. The molecule has 0 fully saturated rings. The molecular weight excluding hydrogens is 358 g/mol. The van der Waals surface area contributed by atoms with Gasteiger partial charge in [-0.25, -0.2) is 9.59 Å². The Labute approximate surface area is 162 Å². The smallest absolute Gasteiger partial charge is 0.478 e. The third-order valence-electron chi connectivity index (χ3n) is 4.49. The first-order valence-corrected chi connectivity index (χ1v) is 9.00. The van der Waals surface area contributed by atoms with Gasteiger partial charge in [0.05, 0.1) is 12.1 Å². The molecule has 2 aromatic carbocycles. The second-order valence-corrected chi connectivity index (χ2v) is 6.41. The van der Waals surface area contributed by atoms with Crippen LogP contribution in [0.5, 0.6) is 5.88 Å². The van der Waals surface area contributed by atoms with E-state index >= 15 is 0 Å². The van der Waals surface area contributed by atoms with Gasteiger partial charge in [0.2, 0.25) is 5.88 Å². The molecule has 0 bridgehead atoms. The lowest BCUT2D eigenvalue weighted by atomic mass is 9.99. The van der Waals surface area contributed by atoms with Crippen molar-refractivity contribution >= 4 is 12.1 Å². The lowest BCUT2D eigenvalue weighted by Crippen LogP contribution is -2.11. The van der Waals surface area contributed by atoms with Crippen LogP contribution in [0.25, 0.3) is 11.1 Å². The maximum Gasteiger partial charge on any atom is 0.512 e. The number of rotatable bonds is 7. The van der Waals surface area contributed by atoms with Crippen LogP contribution in [0.15, 0.2) is 60.7 Å². The Morgan fingerprint density at radius 1 is 0.964 bits per heavy atom. The van der Waals surface area contributed by atoms with Crippen LogP contribution < -0.4 is 4.74 Å². The number of ether oxygens (including phenoxy) is 1. The Morgan fingerprint density at radius 2 is 1.68 bits per heavy atom. The van der Waals surface area contributed by atoms with E-state index in [9.17, 15) is 14.7 Å². The van der Waals surface area contributed by atoms with E-state index in [-0.39, 0.29) is 11.4 Å². The molecule has 0 atom stereocenters. The van der Waals surface area contributed by atoms with E-state index in [4.69, 9.17) is 9.84 Å². The summed E-state index contributed by atoms with van der Waals surface area (Å²) in [5, 5.41) is 18.3. The average Bonchev–Trinajstić information content (AvgIpc) is 3.03. The average molecular weight is 379 g/mol. The van der Waals surface area contributed by atoms with E-state index in [2.05, 4.69) is 6.92 Å². The highest BCUT2D eigenvalue weighted by Gasteiger charge is 2.14. The molecule has 3 aromatic rings. The summed E-state index contributed by atoms with van der Waals surface area (Å²) >= 11 is 0. The molecule has 0 saturated heterocycles. The van der Waals surface area contributed by atoms with Gasteiger partial charge in [-0.15, -0.1) is 0 Å². The van der Waals surface area contributed by atoms with Gasteiger partial charge in [0.1, 0.15) is 0 Å². The quantitative estimate of drug-likeness (QED) is 0.569. The molecule has 0 saturated carbocycles. The number of hydrogen-bond donors (Lipinski definition) is 2. The molecule has 0 aliphatic carbocycles. The van der Waals surface area contributed by atoms with Crippen molar-refractivity contribution in [3.63, 3.8) is 0 Å². The number of carbonyl (C=O) groups is 2. The van der Waals surface area contributed by atoms with Crippen molar-refractivity contribution in [1.29, 1.82) is 0 Å². The van der Waals surface area contributed by atoms with Crippen molar-refractivity contribution in [2.75, 3.05) is 0 Å². The van der Waals surface area contributed by atoms with Crippen LogP contribution in [0.1, 0.15) is 35.0 Å². The molecule has 0 radical (unpaired) electrons. The second kappa shape index (κ2) is 8.43. The van der Waals surface area contributed by atoms with Gasteiger partial charge in [0.25, 0.3) is 0 Å². The fourth-order valence-corrected chi connectivity index (χ4v) is 3.22. The maximum atomic E-state index is 11.4. The zero-order chi connectivity index (χ0) is 20.1. The van der Waals surface area contributed by atoms with Gasteiger partial charge in [-0.2, -0.15) is 0 Å². The van der Waals surface area contributed by atoms with Crippen molar-refractivity contribution in [3.05, 3.63) is 77.5 Å². The van der Waals surface area contributed by atoms with E-state index < -0.39 is 12.1 Å². The Hall–Kier alpha value is -3.54. The molecule has 3 rings (SSSR count). The summed E-state index contributed by atoms with van der Waals surface area (Å²) in [6.45, 7) is 2.52. The number of nitrogens with zero attached hydrogens (tertiary/aromatic N) is 1. The fourth-order valence-electron chi connectivity index (χ4n) is 3.22. The van der Waals surface area contributed by atoms with Crippen LogP contribution in [0.2, 0.25) is 0 Å². The summed E-state index contributed by atoms with van der Waals surface area (Å²) in [6, 6.07) is 18.0. The SMILES string of the molecule is CCCc1ccc(OC(=O)O)n1Cc1ccc(-c2ccccc2C(=O)O)cc1. The van der Waals surface area contributed by atoms with Gasteiger partial charge < -0.3 is 19.5 Å². The molecule has 0 spiro atoms. The van der Waals surface area contributed by atoms with Gasteiger partial charge in [-0.1, -0.05) is 55.8 Å². The number of carboxylic acids is 1. The number of hydrogen-bond acceptors (Lipinski definition) is 3. The number of aryl methyl sites for hydroxylation is 1. The molecule has 0 aliphatic heterocycles. The monoisotopic (exact) mass is 379 g/mol. The Morgan fingerprint density at radius 3 is 2.32 bits per heavy atom. The maximum absolute atomic E-state index is 11.4. The van der Waals surface area contributed by atoms with Crippen molar-refractivity contribution in [3.8, 4) is 17.0 Å². The molecule has 0 amide bonds. The standard InChI is InChI=1S/C22H21NO5/c1-2-5-17-12-13-20(28-22(26)27)23(17)14-15-8-10-16(11-9-15)18-6-3-4-7-19(18)21(24)25/h3-4,6-13H,2,5,14H2,1H3,(H,24,25)(H,26,27). The minimum Gasteiger partial charge on any atom is -0.478 e. The number of carboxylic acid groups (broad SMARTS) is 2. The second-order valence-electron chi connectivity index (χ2n) is 6.41. The topological polar surface area (TPSA) is 88.8 Å². The summed E-state index contributed by atoms with van der Waals surface area (Å²) in [4.78, 5) is 22.4. The number of aromatic carboxylic acids is 1. The van der Waals surface area contributed by atoms with Crippen LogP contribution in [0.4, 0.5) is 4.79 Å². The van der Waals surface area contributed by atoms with Crippen LogP contribution in [0.3, 0.4) is 0 Å². The lowest BCUT2D eigenvalue weighted by molar-refractivity contribution is 0.0697. The van der Waals surface area contributed by atoms with E-state index in [1.165, 1.54) is 0 Å². The largest absolute Gasteiger partial charge is 0.512 e. The summed E-state index contributed by atoms with van der Waals surface area (Å²) in [5.41, 5.74) is 3.68. The zero-order valence-corrected chi connectivity index (χ0v) is 15.5. The van der Waals surface area contributed by atoms with Crippen LogP contribution in [0, 0.1) is 0 Å². The van der Waals surface area contributed by atoms with Crippen LogP contribution >= 0.6 is 0 Å². The molecule has 6 heteroatoms. The Balaban J connectivity index is 1.89. The first-order chi connectivity index (χ1) is 13.5. The zero-order valence-electron chi connectivity index (χ0n) is 15.5. The highest BCUT2D eigenvalue weighted by molar-refractivity contribution is 5.95. The molecule has 0 unspecified atom stereocenters. The lowest BCUT2D eigenvalue weighted by Gasteiger charge is -2.13. The molecule has 2 N–H and O–H groups in total. The van der Waals surface area contributed by atoms with Crippen molar-refractivity contribution in [1.82, 2.24) is 4.57 Å². The van der Waals surface area contributed by atoms with Gasteiger partial charge >= 0.3 is 12.1 Å². The predicted molar refractivity (Wildman–Crippen MR) is 105 cm³/mol. The Bertz CT molecular complexity index is 988. The van der Waals surface area contributed by atoms with Gasteiger partial charge in [-0.05, 0) is 35.2 Å². The number of aromatic nitrogens is 1. The first kappa shape index (κ1) is 19.2. The third-order valence-corrected chi connectivity index (χ3v) is 4.49. The van der Waals surface area contributed by atoms with Crippen LogP contribution in [-0.4, -0.2) is 26.9 Å². The molecule has 1 heterocycles. The predicted octanol–water partition coefficient (Wildman–Crippen LogP) is 4.91. The minimum absolute atomic E-state index is 0.253. The van der Waals surface area contributed by atoms with E-state index in [0.29, 0.717) is 12.1 Å². The summed E-state index contributed by atoms with van der Waals surface area (Å²) in [6.07, 6.45) is 0.400. The van der Waals surface area contributed by atoms with Crippen molar-refractivity contribution in [2.45, 2.75) is 26.3 Å². The van der Waals surface area contributed by atoms with Crippen LogP contribution in [-0.2, 0) is 13.0 Å². The number of benzene rings is 2. The van der Waals surface area contributed by atoms with E-state index in [1.54, 1.807) is 24.3 Å². The Kier molecular flexibility index (Phi) is 5.79. The molecule has 0 aliphatic rings. The molecule has 1 aromatic heterocycles. The fraction of sp³-hybridized carbons (Fsp3) is 0.182. The summed E-state index contributed by atoms with van der Waals surface area (Å²) < 4.78 is 6.74. The molecular formula is C22H21NO5. The first-order valence-electron chi connectivity index (χ1n) is 9.00. The highest BCUT2D eigenvalue weighted by atomic mass is 16.7. The molecule has 6 nitrogen and oxygen atoms in total. The van der Waals surface area contributed by atoms with Crippen molar-refractivity contribution in [2.24, 2.45) is 0 Å². The van der Waals surface area contributed by atoms with Gasteiger partial charge in [0, 0.05) is 11.8 Å².